The van der Waals surface area contributed by atoms with Crippen molar-refractivity contribution in [3.63, 3.8) is 0 Å². The van der Waals surface area contributed by atoms with Crippen molar-refractivity contribution in [1.82, 2.24) is 0 Å². The van der Waals surface area contributed by atoms with E-state index in [9.17, 15) is 9.59 Å². The minimum atomic E-state index is -0.528. The number of aliphatic hydroxyl groups is 1. The fraction of sp³-hybridized carbons (Fsp3) is 0.714. The molecule has 0 spiro atoms. The van der Waals surface area contributed by atoms with Crippen LogP contribution in [0.15, 0.2) is 24.8 Å². The number of carbonyl (C=O) groups excluding carboxylic acids is 2. The van der Waals surface area contributed by atoms with Gasteiger partial charge in [-0.15, -0.1) is 0 Å². The van der Waals surface area contributed by atoms with Crippen molar-refractivity contribution in [3.8, 4) is 0 Å². The van der Waals surface area contributed by atoms with Gasteiger partial charge in [0.05, 0.1) is 25.4 Å². The average Bonchev–Trinajstić information content (AvgIpc) is 2.65. The van der Waals surface area contributed by atoms with Gasteiger partial charge in [0.25, 0.3) is 0 Å². The molecule has 0 radical (unpaired) electrons. The predicted molar refractivity (Wildman–Crippen MR) is 106 cm³/mol. The van der Waals surface area contributed by atoms with Gasteiger partial charge in [0.1, 0.15) is 0 Å². The van der Waals surface area contributed by atoms with Crippen molar-refractivity contribution in [2.24, 2.45) is 0 Å². The SMILES string of the molecule is C=C(CO)C(=O)OCC.C=CC(=O)OCCCCCCCCCCCC. The smallest absolute Gasteiger partial charge is 0.335 e. The summed E-state index contributed by atoms with van der Waals surface area (Å²) in [6.07, 6.45) is 14.2. The lowest BCUT2D eigenvalue weighted by Gasteiger charge is -2.03. The molecule has 0 aliphatic heterocycles. The Balaban J connectivity index is 0. The van der Waals surface area contributed by atoms with Crippen molar-refractivity contribution in [3.05, 3.63) is 24.8 Å². The van der Waals surface area contributed by atoms with Gasteiger partial charge in [-0.25, -0.2) is 9.59 Å². The second kappa shape index (κ2) is 21.4. The highest BCUT2D eigenvalue weighted by Gasteiger charge is 2.03. The number of carbonyl (C=O) groups is 2. The number of hydrogen-bond acceptors (Lipinski definition) is 5. The molecule has 0 aliphatic carbocycles. The van der Waals surface area contributed by atoms with Gasteiger partial charge < -0.3 is 14.6 Å². The lowest BCUT2D eigenvalue weighted by atomic mass is 10.1. The highest BCUT2D eigenvalue weighted by molar-refractivity contribution is 5.87. The van der Waals surface area contributed by atoms with Crippen LogP contribution < -0.4 is 0 Å². The van der Waals surface area contributed by atoms with Gasteiger partial charge in [0, 0.05) is 6.08 Å². The minimum absolute atomic E-state index is 0.0943. The summed E-state index contributed by atoms with van der Waals surface area (Å²) in [5.41, 5.74) is 0.0943. The Bertz CT molecular complexity index is 377. The largest absolute Gasteiger partial charge is 0.463 e. The summed E-state index contributed by atoms with van der Waals surface area (Å²) in [4.78, 5) is 21.2. The van der Waals surface area contributed by atoms with Crippen molar-refractivity contribution in [2.45, 2.75) is 78.1 Å². The molecule has 26 heavy (non-hydrogen) atoms. The number of rotatable bonds is 15. The molecule has 0 aliphatic rings. The highest BCUT2D eigenvalue weighted by atomic mass is 16.5. The van der Waals surface area contributed by atoms with Gasteiger partial charge in [-0.2, -0.15) is 0 Å². The lowest BCUT2D eigenvalue weighted by molar-refractivity contribution is -0.139. The van der Waals surface area contributed by atoms with Crippen LogP contribution in [-0.2, 0) is 19.1 Å². The summed E-state index contributed by atoms with van der Waals surface area (Å²) in [5.74, 6) is -0.832. The zero-order valence-corrected chi connectivity index (χ0v) is 16.8. The Morgan fingerprint density at radius 2 is 1.38 bits per heavy atom. The fourth-order valence-electron chi connectivity index (χ4n) is 2.12. The topological polar surface area (TPSA) is 72.8 Å². The average molecular weight is 371 g/mol. The molecular formula is C21H38O5. The number of aliphatic hydroxyl groups excluding tert-OH is 1. The maximum absolute atomic E-state index is 10.7. The molecule has 0 aromatic rings. The fourth-order valence-corrected chi connectivity index (χ4v) is 2.12. The zero-order valence-electron chi connectivity index (χ0n) is 16.8. The van der Waals surface area contributed by atoms with E-state index in [-0.39, 0.29) is 18.1 Å². The molecule has 0 atom stereocenters. The Morgan fingerprint density at radius 1 is 0.885 bits per heavy atom. The quantitative estimate of drug-likeness (QED) is 0.256. The predicted octanol–water partition coefficient (Wildman–Crippen LogP) is 4.73. The second-order valence-corrected chi connectivity index (χ2v) is 6.04. The molecule has 0 aromatic heterocycles. The van der Waals surface area contributed by atoms with Crippen LogP contribution in [0.3, 0.4) is 0 Å². The van der Waals surface area contributed by atoms with Crippen LogP contribution in [0.4, 0.5) is 0 Å². The molecule has 0 fully saturated rings. The first-order chi connectivity index (χ1) is 12.5. The Morgan fingerprint density at radius 3 is 1.81 bits per heavy atom. The first-order valence-corrected chi connectivity index (χ1v) is 9.78. The molecule has 0 rings (SSSR count). The molecule has 0 amide bonds. The summed E-state index contributed by atoms with van der Waals surface area (Å²) in [6, 6.07) is 0. The third-order valence-electron chi connectivity index (χ3n) is 3.66. The van der Waals surface area contributed by atoms with E-state index in [1.54, 1.807) is 6.92 Å². The molecule has 0 saturated carbocycles. The molecule has 0 heterocycles. The first kappa shape index (κ1) is 26.6. The summed E-state index contributed by atoms with van der Waals surface area (Å²) >= 11 is 0. The minimum Gasteiger partial charge on any atom is -0.463 e. The van der Waals surface area contributed by atoms with E-state index < -0.39 is 5.97 Å². The zero-order chi connectivity index (χ0) is 20.0. The molecule has 0 bridgehead atoms. The van der Waals surface area contributed by atoms with Crippen LogP contribution in [0.5, 0.6) is 0 Å². The van der Waals surface area contributed by atoms with Crippen LogP contribution in [0.2, 0.25) is 0 Å². The number of hydrogen-bond donors (Lipinski definition) is 1. The van der Waals surface area contributed by atoms with Crippen molar-refractivity contribution in [1.29, 1.82) is 0 Å². The summed E-state index contributed by atoms with van der Waals surface area (Å²) in [6.45, 7) is 11.1. The summed E-state index contributed by atoms with van der Waals surface area (Å²) < 4.78 is 9.40. The lowest BCUT2D eigenvalue weighted by Crippen LogP contribution is -2.08. The number of unbranched alkanes of at least 4 members (excludes halogenated alkanes) is 9. The van der Waals surface area contributed by atoms with Gasteiger partial charge in [-0.05, 0) is 13.3 Å². The van der Waals surface area contributed by atoms with Gasteiger partial charge >= 0.3 is 11.9 Å². The molecule has 5 nitrogen and oxygen atoms in total. The maximum atomic E-state index is 10.7. The van der Waals surface area contributed by atoms with Crippen LogP contribution in [-0.4, -0.2) is 36.9 Å². The van der Waals surface area contributed by atoms with E-state index in [0.717, 1.165) is 6.42 Å². The molecule has 5 heteroatoms. The van der Waals surface area contributed by atoms with E-state index in [2.05, 4.69) is 24.8 Å². The third-order valence-corrected chi connectivity index (χ3v) is 3.66. The first-order valence-electron chi connectivity index (χ1n) is 9.78. The molecule has 0 aromatic carbocycles. The van der Waals surface area contributed by atoms with E-state index in [1.807, 2.05) is 0 Å². The maximum Gasteiger partial charge on any atom is 0.335 e. The molecule has 0 saturated heterocycles. The van der Waals surface area contributed by atoms with Crippen molar-refractivity contribution in [2.75, 3.05) is 19.8 Å². The third kappa shape index (κ3) is 20.4. The second-order valence-electron chi connectivity index (χ2n) is 6.04. The summed E-state index contributed by atoms with van der Waals surface area (Å²) in [5, 5.41) is 8.33. The van der Waals surface area contributed by atoms with Crippen LogP contribution >= 0.6 is 0 Å². The Labute approximate surface area is 159 Å². The van der Waals surface area contributed by atoms with E-state index >= 15 is 0 Å². The van der Waals surface area contributed by atoms with E-state index in [0.29, 0.717) is 13.2 Å². The van der Waals surface area contributed by atoms with Gasteiger partial charge in [-0.3, -0.25) is 0 Å². The van der Waals surface area contributed by atoms with Crippen LogP contribution in [0.25, 0.3) is 0 Å². The summed E-state index contributed by atoms with van der Waals surface area (Å²) in [7, 11) is 0. The van der Waals surface area contributed by atoms with Gasteiger partial charge in [0.2, 0.25) is 0 Å². The molecule has 0 unspecified atom stereocenters. The van der Waals surface area contributed by atoms with Gasteiger partial charge in [0.15, 0.2) is 0 Å². The van der Waals surface area contributed by atoms with Crippen LogP contribution in [0.1, 0.15) is 78.1 Å². The highest BCUT2D eigenvalue weighted by Crippen LogP contribution is 2.10. The number of ether oxygens (including phenoxy) is 2. The standard InChI is InChI=1S/C15H28O2.C6H10O3/c1-3-5-6-7-8-9-10-11-12-13-14-17-15(16)4-2;1-3-9-6(8)5(2)4-7/h4H,2-3,5-14H2,1H3;7H,2-4H2,1H3. The molecule has 1 N–H and O–H groups in total. The van der Waals surface area contributed by atoms with Crippen LogP contribution in [0, 0.1) is 0 Å². The normalized spacial score (nSPS) is 9.65. The van der Waals surface area contributed by atoms with Crippen molar-refractivity contribution < 1.29 is 24.2 Å². The monoisotopic (exact) mass is 370 g/mol. The van der Waals surface area contributed by atoms with E-state index in [4.69, 9.17) is 9.84 Å². The number of esters is 2. The van der Waals surface area contributed by atoms with Crippen molar-refractivity contribution >= 4 is 11.9 Å². The molecule has 152 valence electrons. The Hall–Kier alpha value is -1.62. The van der Waals surface area contributed by atoms with Gasteiger partial charge in [-0.1, -0.05) is 77.9 Å². The Kier molecular flexibility index (Phi) is 21.9. The van der Waals surface area contributed by atoms with E-state index in [1.165, 1.54) is 63.9 Å². The molecular weight excluding hydrogens is 332 g/mol.